The topological polar surface area (TPSA) is 255 Å². The van der Waals surface area contributed by atoms with Crippen molar-refractivity contribution >= 4 is 82.8 Å². The normalized spacial score (nSPS) is 29.9. The van der Waals surface area contributed by atoms with E-state index in [1.54, 1.807) is 11.5 Å². The highest BCUT2D eigenvalue weighted by Crippen LogP contribution is 2.58. The number of nitrogens with zero attached hydrogens (tertiary/aromatic N) is 7. The zero-order valence-corrected chi connectivity index (χ0v) is 28.6. The smallest absolute Gasteiger partial charge is 0.280 e. The summed E-state index contributed by atoms with van der Waals surface area (Å²) in [6.45, 7) is 0.551. The van der Waals surface area contributed by atoms with Gasteiger partial charge in [0.05, 0.1) is 31.5 Å². The second-order valence-electron chi connectivity index (χ2n) is 10.8. The van der Waals surface area contributed by atoms with Crippen molar-refractivity contribution in [2.45, 2.75) is 55.9 Å². The number of aromatic nitrogens is 8. The van der Waals surface area contributed by atoms with Gasteiger partial charge in [-0.05, 0) is 30.5 Å². The van der Waals surface area contributed by atoms with E-state index in [0.29, 0.717) is 11.2 Å². The highest BCUT2D eigenvalue weighted by molar-refractivity contribution is 8.60. The van der Waals surface area contributed by atoms with Gasteiger partial charge in [-0.15, -0.1) is 0 Å². The molecule has 4 aromatic heterocycles. The number of halogens is 1. The molecule has 2 fully saturated rings. The number of alkyl halides is 1. The van der Waals surface area contributed by atoms with Crippen molar-refractivity contribution in [1.82, 2.24) is 39.0 Å². The number of aromatic amines is 1. The van der Waals surface area contributed by atoms with Crippen LogP contribution in [0, 0.1) is 0 Å². The number of aliphatic hydroxyl groups is 1. The second-order valence-corrected chi connectivity index (χ2v) is 17.9. The van der Waals surface area contributed by atoms with Crippen molar-refractivity contribution in [2.24, 2.45) is 0 Å². The summed E-state index contributed by atoms with van der Waals surface area (Å²) >= 11 is 14.8. The average Bonchev–Trinajstić information content (AvgIpc) is 3.77. The molecule has 0 radical (unpaired) electrons. The molecule has 25 heteroatoms. The van der Waals surface area contributed by atoms with Crippen LogP contribution < -0.4 is 17.0 Å². The predicted molar refractivity (Wildman–Crippen MR) is 174 cm³/mol. The summed E-state index contributed by atoms with van der Waals surface area (Å²) in [6, 6.07) is 0. The third-order valence-electron chi connectivity index (χ3n) is 7.44. The van der Waals surface area contributed by atoms with Crippen LogP contribution in [0.4, 0.5) is 16.2 Å². The largest absolute Gasteiger partial charge is 0.394 e. The van der Waals surface area contributed by atoms with E-state index in [0.717, 1.165) is 0 Å². The average molecular weight is 755 g/mol. The molecular formula is C22H29FN10O9P2S3. The van der Waals surface area contributed by atoms with E-state index >= 15 is 4.39 Å². The monoisotopic (exact) mass is 754 g/mol. The Kier molecular flexibility index (Phi) is 10.0. The van der Waals surface area contributed by atoms with Gasteiger partial charge in [0.2, 0.25) is 11.6 Å². The van der Waals surface area contributed by atoms with Gasteiger partial charge < -0.3 is 49.2 Å². The summed E-state index contributed by atoms with van der Waals surface area (Å²) in [5, 5.41) is 9.77. The van der Waals surface area contributed by atoms with Gasteiger partial charge in [0.1, 0.15) is 30.2 Å². The molecule has 0 amide bonds. The Morgan fingerprint density at radius 1 is 1.23 bits per heavy atom. The molecule has 0 bridgehead atoms. The molecule has 0 aromatic carbocycles. The lowest BCUT2D eigenvalue weighted by Gasteiger charge is -2.30. The Labute approximate surface area is 280 Å². The molecule has 0 aliphatic carbocycles. The Morgan fingerprint density at radius 2 is 1.96 bits per heavy atom. The molecule has 9 atom stereocenters. The fraction of sp³-hybridized carbons (Fsp3) is 0.545. The van der Waals surface area contributed by atoms with Crippen molar-refractivity contribution in [2.75, 3.05) is 31.5 Å². The molecule has 7 N–H and O–H groups in total. The molecule has 4 aromatic rings. The lowest BCUT2D eigenvalue weighted by atomic mass is 10.0. The van der Waals surface area contributed by atoms with Crippen LogP contribution in [0.25, 0.3) is 22.3 Å². The second kappa shape index (κ2) is 13.6. The maximum atomic E-state index is 15.6. The van der Waals surface area contributed by atoms with Crippen LogP contribution in [0.3, 0.4) is 0 Å². The Hall–Kier alpha value is -2.24. The van der Waals surface area contributed by atoms with Gasteiger partial charge >= 0.3 is 0 Å². The Bertz CT molecular complexity index is 1920. The van der Waals surface area contributed by atoms with E-state index in [1.165, 1.54) is 23.5 Å². The molecule has 2 unspecified atom stereocenters. The van der Waals surface area contributed by atoms with Gasteiger partial charge in [0.15, 0.2) is 55.2 Å². The molecule has 256 valence electrons. The van der Waals surface area contributed by atoms with Crippen molar-refractivity contribution in [3.05, 3.63) is 29.3 Å². The number of thiol groups is 1. The van der Waals surface area contributed by atoms with Crippen LogP contribution in [0.2, 0.25) is 0 Å². The van der Waals surface area contributed by atoms with Crippen molar-refractivity contribution < 1.29 is 42.2 Å². The summed E-state index contributed by atoms with van der Waals surface area (Å²) in [5.74, 6) is -0.0278. The summed E-state index contributed by atoms with van der Waals surface area (Å²) in [6.07, 6.45) is -3.24. The molecule has 47 heavy (non-hydrogen) atoms. The van der Waals surface area contributed by atoms with Crippen LogP contribution in [0.5, 0.6) is 0 Å². The van der Waals surface area contributed by atoms with Crippen LogP contribution in [-0.2, 0) is 51.4 Å². The fourth-order valence-electron chi connectivity index (χ4n) is 5.35. The van der Waals surface area contributed by atoms with E-state index in [-0.39, 0.29) is 42.8 Å². The maximum Gasteiger partial charge on any atom is 0.280 e. The molecule has 2 aliphatic rings. The van der Waals surface area contributed by atoms with Crippen LogP contribution >= 0.6 is 25.1 Å². The number of hydrogen-bond donors (Lipinski definition) is 6. The molecule has 6 heterocycles. The molecule has 0 saturated carbocycles. The van der Waals surface area contributed by atoms with Gasteiger partial charge in [-0.2, -0.15) is 4.98 Å². The Balaban J connectivity index is 1.21. The first-order valence-electron chi connectivity index (χ1n) is 13.7. The number of hydrogen-bond acceptors (Lipinski definition) is 17. The third-order valence-corrected chi connectivity index (χ3v) is 10.3. The molecule has 6 rings (SSSR count). The maximum absolute atomic E-state index is 15.6. The molecular weight excluding hydrogens is 725 g/mol. The summed E-state index contributed by atoms with van der Waals surface area (Å²) in [7, 11) is -2.44. The van der Waals surface area contributed by atoms with Gasteiger partial charge in [0, 0.05) is 6.42 Å². The number of anilines is 2. The van der Waals surface area contributed by atoms with Crippen molar-refractivity contribution in [3.8, 4) is 0 Å². The van der Waals surface area contributed by atoms with Crippen molar-refractivity contribution in [3.63, 3.8) is 0 Å². The van der Waals surface area contributed by atoms with E-state index in [2.05, 4.69) is 42.2 Å². The Morgan fingerprint density at radius 3 is 2.68 bits per heavy atom. The highest BCUT2D eigenvalue weighted by Gasteiger charge is 2.51. The van der Waals surface area contributed by atoms with Gasteiger partial charge in [-0.1, -0.05) is 12.2 Å². The number of H-pyrrole nitrogens is 1. The number of nitrogen functional groups attached to an aromatic ring is 2. The number of fused-ring (bicyclic) bond motifs is 2. The standard InChI is InChI=1S/C22H29FN10O9P2S3/c1-22(2-9(37-8-38-43(36)45)19(41-22)32-6-28-12-15(24)26-5-27-16(12)32)4-39-44(46,47)42-14-11(23)10(3-34)40-20(14)33-7-29-13-17(33)30-21(25)31-18(13)35/h5-7,9-11,14,19-20,34,43H,2-4,8H2,1H3,(H,36,45)(H,46,47)(H2,24,26,27)(H3,25,30,31,35)/t9-,10-,11+,14-,19-,20-,22+/m1/s1. The molecule has 19 nitrogen and oxygen atoms in total. The van der Waals surface area contributed by atoms with Gasteiger partial charge in [-0.25, -0.2) is 24.3 Å². The number of imidazole rings is 2. The van der Waals surface area contributed by atoms with E-state index in [9.17, 15) is 14.8 Å². The number of nitrogens with two attached hydrogens (primary N) is 2. The zero-order valence-electron chi connectivity index (χ0n) is 24.2. The molecule has 2 saturated heterocycles. The minimum absolute atomic E-state index is 0.00141. The van der Waals surface area contributed by atoms with Crippen LogP contribution in [-0.4, -0.2) is 99.1 Å². The lowest BCUT2D eigenvalue weighted by molar-refractivity contribution is -0.117. The lowest BCUT2D eigenvalue weighted by Crippen LogP contribution is -2.33. The summed E-state index contributed by atoms with van der Waals surface area (Å²) in [5.41, 5.74) is 7.06. The SMILES string of the molecule is C[C@@]1(COP(=S)(S)O[C@@H]2[C@@H](F)[C@@H](CO)O[C@H]2n2cnc3c(=O)[nH]c(N)nc32)C[C@@H](OCO[PH](O)=S)[C@H](n2cnc3c(N)ncnc32)O1. The predicted octanol–water partition coefficient (Wildman–Crippen LogP) is 0.443. The van der Waals surface area contributed by atoms with Gasteiger partial charge in [0.25, 0.3) is 5.56 Å². The number of nitrogens with one attached hydrogen (secondary N) is 1. The summed E-state index contributed by atoms with van der Waals surface area (Å²) in [4.78, 5) is 44.7. The number of ether oxygens (including phenoxy) is 3. The highest BCUT2D eigenvalue weighted by atomic mass is 32.9. The van der Waals surface area contributed by atoms with Crippen LogP contribution in [0.15, 0.2) is 23.8 Å². The van der Waals surface area contributed by atoms with Crippen LogP contribution in [0.1, 0.15) is 25.8 Å². The minimum Gasteiger partial charge on any atom is -0.394 e. The van der Waals surface area contributed by atoms with E-state index < -0.39 is 67.6 Å². The van der Waals surface area contributed by atoms with E-state index in [1.807, 2.05) is 0 Å². The van der Waals surface area contributed by atoms with Crippen molar-refractivity contribution in [1.29, 1.82) is 0 Å². The first-order chi connectivity index (χ1) is 22.3. The van der Waals surface area contributed by atoms with E-state index in [4.69, 9.17) is 62.9 Å². The first kappa shape index (κ1) is 34.6. The number of aliphatic hydroxyl groups excluding tert-OH is 1. The summed E-state index contributed by atoms with van der Waals surface area (Å²) < 4.78 is 53.5. The molecule has 0 spiro atoms. The minimum atomic E-state index is -3.57. The molecule has 2 aliphatic heterocycles. The first-order valence-corrected chi connectivity index (χ1v) is 19.9. The fourth-order valence-corrected chi connectivity index (χ4v) is 7.64. The third kappa shape index (κ3) is 7.09. The number of rotatable bonds is 12. The van der Waals surface area contributed by atoms with Gasteiger partial charge in [-0.3, -0.25) is 18.9 Å². The quantitative estimate of drug-likeness (QED) is 0.0652. The zero-order chi connectivity index (χ0) is 33.7.